The van der Waals surface area contributed by atoms with Gasteiger partial charge in [0.25, 0.3) is 11.8 Å². The highest BCUT2D eigenvalue weighted by molar-refractivity contribution is 5.36. The number of hydrogen-bond donors (Lipinski definition) is 2. The number of hydrogen-bond acceptors (Lipinski definition) is 3. The first-order valence-corrected chi connectivity index (χ1v) is 2.76. The number of rotatable bonds is 1. The highest BCUT2D eigenvalue weighted by atomic mass is 16.3. The van der Waals surface area contributed by atoms with Crippen LogP contribution in [0, 0.1) is 6.92 Å². The van der Waals surface area contributed by atoms with Crippen molar-refractivity contribution >= 4 is 6.20 Å². The molecule has 0 aliphatic heterocycles. The average Bonchev–Trinajstić information content (AvgIpc) is 2.09. The molecular formula is C6H8N2O2. The molecule has 1 aromatic heterocycles. The van der Waals surface area contributed by atoms with Crippen molar-refractivity contribution in [3.05, 3.63) is 12.4 Å². The zero-order chi connectivity index (χ0) is 7.72. The molecule has 0 bridgehead atoms. The van der Waals surface area contributed by atoms with Gasteiger partial charge in [0.15, 0.2) is 0 Å². The van der Waals surface area contributed by atoms with Crippen LogP contribution in [0.5, 0.6) is 11.8 Å². The second-order valence-corrected chi connectivity index (χ2v) is 1.86. The number of nitrogens with zero attached hydrogens (tertiary/aromatic N) is 2. The summed E-state index contributed by atoms with van der Waals surface area (Å²) in [5, 5.41) is 17.8. The molecule has 0 atom stereocenters. The molecule has 54 valence electrons. The van der Waals surface area contributed by atoms with Crippen LogP contribution in [0.15, 0.2) is 6.58 Å². The minimum atomic E-state index is -0.364. The fourth-order valence-corrected chi connectivity index (χ4v) is 0.737. The van der Waals surface area contributed by atoms with Gasteiger partial charge in [0.05, 0.1) is 0 Å². The predicted molar refractivity (Wildman–Crippen MR) is 36.7 cm³/mol. The van der Waals surface area contributed by atoms with E-state index in [1.807, 2.05) is 0 Å². The minimum absolute atomic E-state index is 0.271. The summed E-state index contributed by atoms with van der Waals surface area (Å²) in [5.41, 5.74) is 0. The van der Waals surface area contributed by atoms with E-state index in [1.165, 1.54) is 10.8 Å². The van der Waals surface area contributed by atoms with Crippen molar-refractivity contribution in [1.82, 2.24) is 9.55 Å². The molecule has 4 heteroatoms. The molecule has 0 fully saturated rings. The molecule has 2 N–H and O–H groups in total. The van der Waals surface area contributed by atoms with Crippen molar-refractivity contribution < 1.29 is 10.2 Å². The molecule has 0 saturated carbocycles. The van der Waals surface area contributed by atoms with Crippen LogP contribution in [0.25, 0.3) is 6.20 Å². The van der Waals surface area contributed by atoms with Crippen LogP contribution in [0.1, 0.15) is 5.82 Å². The van der Waals surface area contributed by atoms with Crippen molar-refractivity contribution in [1.29, 1.82) is 0 Å². The van der Waals surface area contributed by atoms with Gasteiger partial charge in [0.1, 0.15) is 5.82 Å². The first-order chi connectivity index (χ1) is 4.66. The molecule has 0 saturated heterocycles. The fraction of sp³-hybridized carbons (Fsp3) is 0.167. The van der Waals surface area contributed by atoms with Gasteiger partial charge in [-0.3, -0.25) is 4.57 Å². The van der Waals surface area contributed by atoms with Crippen LogP contribution < -0.4 is 0 Å². The summed E-state index contributed by atoms with van der Waals surface area (Å²) >= 11 is 0. The van der Waals surface area contributed by atoms with Crippen LogP contribution in [0.4, 0.5) is 0 Å². The van der Waals surface area contributed by atoms with Crippen LogP contribution in [0.2, 0.25) is 0 Å². The molecule has 1 rings (SSSR count). The highest BCUT2D eigenvalue weighted by Gasteiger charge is 2.08. The van der Waals surface area contributed by atoms with Gasteiger partial charge >= 0.3 is 0 Å². The molecule has 0 unspecified atom stereocenters. The predicted octanol–water partition coefficient (Wildman–Crippen LogP) is 0.703. The van der Waals surface area contributed by atoms with E-state index in [-0.39, 0.29) is 11.8 Å². The van der Waals surface area contributed by atoms with Crippen molar-refractivity contribution in [2.75, 3.05) is 0 Å². The second kappa shape index (κ2) is 2.06. The first kappa shape index (κ1) is 6.67. The zero-order valence-electron chi connectivity index (χ0n) is 5.57. The Balaban J connectivity index is 3.33. The Bertz CT molecular complexity index is 265. The molecule has 4 nitrogen and oxygen atoms in total. The lowest BCUT2D eigenvalue weighted by molar-refractivity contribution is 0.381. The van der Waals surface area contributed by atoms with Crippen molar-refractivity contribution in [2.45, 2.75) is 6.92 Å². The van der Waals surface area contributed by atoms with Crippen LogP contribution in [-0.4, -0.2) is 19.8 Å². The Labute approximate surface area is 58.1 Å². The third-order valence-corrected chi connectivity index (χ3v) is 1.23. The molecule has 0 radical (unpaired) electrons. The summed E-state index contributed by atoms with van der Waals surface area (Å²) in [4.78, 5) is 3.58. The van der Waals surface area contributed by atoms with E-state index in [0.29, 0.717) is 5.82 Å². The average molecular weight is 140 g/mol. The topological polar surface area (TPSA) is 58.3 Å². The van der Waals surface area contributed by atoms with Gasteiger partial charge in [0.2, 0.25) is 0 Å². The largest absolute Gasteiger partial charge is 0.490 e. The summed E-state index contributed by atoms with van der Waals surface area (Å²) in [5.74, 6) is -0.130. The molecule has 10 heavy (non-hydrogen) atoms. The number of aryl methyl sites for hydroxylation is 1. The Morgan fingerprint density at radius 1 is 1.60 bits per heavy atom. The highest BCUT2D eigenvalue weighted by Crippen LogP contribution is 2.24. The summed E-state index contributed by atoms with van der Waals surface area (Å²) in [7, 11) is 0. The van der Waals surface area contributed by atoms with E-state index in [4.69, 9.17) is 10.2 Å². The van der Waals surface area contributed by atoms with Gasteiger partial charge in [-0.05, 0) is 6.92 Å². The molecule has 0 aromatic carbocycles. The number of aromatic nitrogens is 2. The lowest BCUT2D eigenvalue weighted by Gasteiger charge is -1.94. The molecule has 0 aliphatic rings. The van der Waals surface area contributed by atoms with Crippen LogP contribution in [0.3, 0.4) is 0 Å². The number of imidazole rings is 1. The third kappa shape index (κ3) is 0.737. The van der Waals surface area contributed by atoms with E-state index in [1.54, 1.807) is 6.92 Å². The van der Waals surface area contributed by atoms with Crippen molar-refractivity contribution in [3.63, 3.8) is 0 Å². The van der Waals surface area contributed by atoms with Gasteiger partial charge in [-0.25, -0.2) is 0 Å². The minimum Gasteiger partial charge on any atom is -0.490 e. The Kier molecular flexibility index (Phi) is 1.37. The maximum atomic E-state index is 9.00. The standard InChI is InChI=1S/C6H8N2O2/c1-3-8-4(2)7-5(9)6(8)10/h3,9-10H,1H2,2H3. The second-order valence-electron chi connectivity index (χ2n) is 1.86. The lowest BCUT2D eigenvalue weighted by Crippen LogP contribution is -1.86. The first-order valence-electron chi connectivity index (χ1n) is 2.76. The maximum absolute atomic E-state index is 9.00. The van der Waals surface area contributed by atoms with Gasteiger partial charge < -0.3 is 10.2 Å². The summed E-state index contributed by atoms with van der Waals surface area (Å²) < 4.78 is 1.29. The molecular weight excluding hydrogens is 132 g/mol. The number of aromatic hydroxyl groups is 2. The quantitative estimate of drug-likeness (QED) is 0.603. The van der Waals surface area contributed by atoms with E-state index >= 15 is 0 Å². The van der Waals surface area contributed by atoms with Gasteiger partial charge in [-0.15, -0.1) is 0 Å². The summed E-state index contributed by atoms with van der Waals surface area (Å²) in [6.45, 7) is 5.07. The molecule has 1 aromatic rings. The Morgan fingerprint density at radius 2 is 2.20 bits per heavy atom. The normalized spacial score (nSPS) is 9.70. The van der Waals surface area contributed by atoms with Crippen molar-refractivity contribution in [3.8, 4) is 11.8 Å². The Morgan fingerprint density at radius 3 is 2.40 bits per heavy atom. The van der Waals surface area contributed by atoms with Gasteiger partial charge in [0, 0.05) is 6.20 Å². The van der Waals surface area contributed by atoms with Gasteiger partial charge in [-0.1, -0.05) is 6.58 Å². The summed E-state index contributed by atoms with van der Waals surface area (Å²) in [6, 6.07) is 0. The maximum Gasteiger partial charge on any atom is 0.275 e. The van der Waals surface area contributed by atoms with E-state index in [9.17, 15) is 0 Å². The zero-order valence-corrected chi connectivity index (χ0v) is 5.57. The molecule has 0 spiro atoms. The van der Waals surface area contributed by atoms with E-state index in [2.05, 4.69) is 11.6 Å². The molecule has 0 amide bonds. The fourth-order valence-electron chi connectivity index (χ4n) is 0.737. The third-order valence-electron chi connectivity index (χ3n) is 1.23. The summed E-state index contributed by atoms with van der Waals surface area (Å²) in [6.07, 6.45) is 1.37. The van der Waals surface area contributed by atoms with E-state index in [0.717, 1.165) is 0 Å². The lowest BCUT2D eigenvalue weighted by atomic mass is 10.7. The SMILES string of the molecule is C=Cn1c(C)nc(O)c1O. The van der Waals surface area contributed by atoms with Crippen molar-refractivity contribution in [2.24, 2.45) is 0 Å². The van der Waals surface area contributed by atoms with Crippen LogP contribution in [-0.2, 0) is 0 Å². The van der Waals surface area contributed by atoms with E-state index < -0.39 is 0 Å². The molecule has 1 heterocycles. The monoisotopic (exact) mass is 140 g/mol. The Hall–Kier alpha value is -1.45. The van der Waals surface area contributed by atoms with Gasteiger partial charge in [-0.2, -0.15) is 4.98 Å². The van der Waals surface area contributed by atoms with Crippen LogP contribution >= 0.6 is 0 Å². The molecule has 0 aliphatic carbocycles. The smallest absolute Gasteiger partial charge is 0.275 e.